The van der Waals surface area contributed by atoms with Crippen molar-refractivity contribution in [2.45, 2.75) is 32.9 Å². The molecule has 0 atom stereocenters. The fourth-order valence-corrected chi connectivity index (χ4v) is 3.01. The van der Waals surface area contributed by atoms with Gasteiger partial charge in [0, 0.05) is 24.0 Å². The molecule has 28 heavy (non-hydrogen) atoms. The predicted molar refractivity (Wildman–Crippen MR) is 108 cm³/mol. The quantitative estimate of drug-likeness (QED) is 0.561. The lowest BCUT2D eigenvalue weighted by molar-refractivity contribution is -0.124. The van der Waals surface area contributed by atoms with Crippen LogP contribution in [0.2, 0.25) is 0 Å². The Labute approximate surface area is 168 Å². The minimum atomic E-state index is -0.564. The summed E-state index contributed by atoms with van der Waals surface area (Å²) in [6.45, 7) is 4.29. The van der Waals surface area contributed by atoms with Crippen LogP contribution in [-0.2, 0) is 22.5 Å². The van der Waals surface area contributed by atoms with Crippen molar-refractivity contribution in [3.63, 3.8) is 0 Å². The zero-order chi connectivity index (χ0) is 20.4. The van der Waals surface area contributed by atoms with Crippen LogP contribution in [0.25, 0.3) is 0 Å². The molecule has 0 saturated carbocycles. The second kappa shape index (κ2) is 11.1. The van der Waals surface area contributed by atoms with Gasteiger partial charge in [-0.3, -0.25) is 4.79 Å². The molecule has 0 aliphatic rings. The lowest BCUT2D eigenvalue weighted by Crippen LogP contribution is -2.39. The molecule has 150 valence electrons. The molecule has 2 aromatic rings. The van der Waals surface area contributed by atoms with Gasteiger partial charge in [0.25, 0.3) is 5.91 Å². The van der Waals surface area contributed by atoms with Crippen LogP contribution in [0.4, 0.5) is 4.79 Å². The average Bonchev–Trinajstić information content (AvgIpc) is 3.18. The van der Waals surface area contributed by atoms with Crippen LogP contribution >= 0.6 is 11.3 Å². The third kappa shape index (κ3) is 7.79. The van der Waals surface area contributed by atoms with Gasteiger partial charge in [-0.05, 0) is 49.4 Å². The summed E-state index contributed by atoms with van der Waals surface area (Å²) in [5.41, 5.74) is 1.20. The molecule has 1 aromatic heterocycles. The number of benzene rings is 1. The third-order valence-electron chi connectivity index (χ3n) is 3.67. The van der Waals surface area contributed by atoms with Gasteiger partial charge < -0.3 is 20.7 Å². The summed E-state index contributed by atoms with van der Waals surface area (Å²) < 4.78 is 5.03. The Morgan fingerprint density at radius 2 is 1.82 bits per heavy atom. The highest BCUT2D eigenvalue weighted by Crippen LogP contribution is 2.08. The SMILES string of the molecule is CC(C)NC(=O)NCc1ccc(C(=O)OCC(=O)NCCc2cccs2)cc1. The van der Waals surface area contributed by atoms with Crippen LogP contribution in [0.3, 0.4) is 0 Å². The second-order valence-corrected chi connectivity index (χ2v) is 7.47. The molecular formula is C20H25N3O4S. The Morgan fingerprint density at radius 3 is 2.46 bits per heavy atom. The fraction of sp³-hybridized carbons (Fsp3) is 0.350. The van der Waals surface area contributed by atoms with E-state index in [-0.39, 0.29) is 24.6 Å². The van der Waals surface area contributed by atoms with Crippen molar-refractivity contribution in [1.29, 1.82) is 0 Å². The molecule has 0 fully saturated rings. The summed E-state index contributed by atoms with van der Waals surface area (Å²) in [4.78, 5) is 36.5. The smallest absolute Gasteiger partial charge is 0.338 e. The Hall–Kier alpha value is -2.87. The van der Waals surface area contributed by atoms with Gasteiger partial charge >= 0.3 is 12.0 Å². The maximum absolute atomic E-state index is 12.0. The normalized spacial score (nSPS) is 10.4. The maximum atomic E-state index is 12.0. The molecule has 0 spiro atoms. The number of hydrogen-bond acceptors (Lipinski definition) is 5. The largest absolute Gasteiger partial charge is 0.452 e. The number of nitrogens with one attached hydrogen (secondary N) is 3. The lowest BCUT2D eigenvalue weighted by Gasteiger charge is -2.10. The molecule has 0 aliphatic carbocycles. The van der Waals surface area contributed by atoms with Gasteiger partial charge in [-0.1, -0.05) is 18.2 Å². The first-order valence-electron chi connectivity index (χ1n) is 9.03. The highest BCUT2D eigenvalue weighted by molar-refractivity contribution is 7.09. The van der Waals surface area contributed by atoms with Gasteiger partial charge in [0.2, 0.25) is 0 Å². The summed E-state index contributed by atoms with van der Waals surface area (Å²) in [6, 6.07) is 10.5. The standard InChI is InChI=1S/C20H25N3O4S/c1-14(2)23-20(26)22-12-15-5-7-16(8-6-15)19(25)27-13-18(24)21-10-9-17-4-3-11-28-17/h3-8,11,14H,9-10,12-13H2,1-2H3,(H,21,24)(H2,22,23,26). The van der Waals surface area contributed by atoms with Gasteiger partial charge in [-0.15, -0.1) is 11.3 Å². The van der Waals surface area contributed by atoms with Crippen molar-refractivity contribution >= 4 is 29.2 Å². The molecule has 0 saturated heterocycles. The van der Waals surface area contributed by atoms with Crippen molar-refractivity contribution < 1.29 is 19.1 Å². The number of carbonyl (C=O) groups is 3. The van der Waals surface area contributed by atoms with Crippen LogP contribution in [0.15, 0.2) is 41.8 Å². The van der Waals surface area contributed by atoms with E-state index >= 15 is 0 Å². The zero-order valence-corrected chi connectivity index (χ0v) is 16.8. The van der Waals surface area contributed by atoms with Crippen LogP contribution < -0.4 is 16.0 Å². The summed E-state index contributed by atoms with van der Waals surface area (Å²) in [6.07, 6.45) is 0.752. The number of thiophene rings is 1. The lowest BCUT2D eigenvalue weighted by atomic mass is 10.1. The molecular weight excluding hydrogens is 378 g/mol. The van der Waals surface area contributed by atoms with E-state index < -0.39 is 5.97 Å². The van der Waals surface area contributed by atoms with Gasteiger partial charge in [0.05, 0.1) is 5.56 Å². The molecule has 3 amide bonds. The van der Waals surface area contributed by atoms with Crippen LogP contribution in [0.1, 0.15) is 34.6 Å². The molecule has 8 heteroatoms. The monoisotopic (exact) mass is 403 g/mol. The van der Waals surface area contributed by atoms with Crippen molar-refractivity contribution in [2.24, 2.45) is 0 Å². The summed E-state index contributed by atoms with van der Waals surface area (Å²) in [5.74, 6) is -0.896. The van der Waals surface area contributed by atoms with Gasteiger partial charge in [0.15, 0.2) is 6.61 Å². The minimum Gasteiger partial charge on any atom is -0.452 e. The Bertz CT molecular complexity index is 773. The molecule has 0 bridgehead atoms. The zero-order valence-electron chi connectivity index (χ0n) is 16.0. The van der Waals surface area contributed by atoms with E-state index in [1.165, 1.54) is 4.88 Å². The number of carbonyl (C=O) groups excluding carboxylic acids is 3. The molecule has 7 nitrogen and oxygen atoms in total. The first-order chi connectivity index (χ1) is 13.4. The predicted octanol–water partition coefficient (Wildman–Crippen LogP) is 2.47. The highest BCUT2D eigenvalue weighted by Gasteiger charge is 2.10. The average molecular weight is 404 g/mol. The van der Waals surface area contributed by atoms with Gasteiger partial charge in [-0.2, -0.15) is 0 Å². The van der Waals surface area contributed by atoms with Crippen molar-refractivity contribution in [1.82, 2.24) is 16.0 Å². The van der Waals surface area contributed by atoms with Crippen molar-refractivity contribution in [3.05, 3.63) is 57.8 Å². The van der Waals surface area contributed by atoms with Crippen LogP contribution in [-0.4, -0.2) is 37.1 Å². The molecule has 0 radical (unpaired) electrons. The summed E-state index contributed by atoms with van der Waals surface area (Å²) in [7, 11) is 0. The first kappa shape index (κ1) is 21.4. The highest BCUT2D eigenvalue weighted by atomic mass is 32.1. The van der Waals surface area contributed by atoms with Gasteiger partial charge in [-0.25, -0.2) is 9.59 Å². The van der Waals surface area contributed by atoms with Crippen molar-refractivity contribution in [3.8, 4) is 0 Å². The molecule has 1 aromatic carbocycles. The van der Waals surface area contributed by atoms with Gasteiger partial charge in [0.1, 0.15) is 0 Å². The number of rotatable bonds is 9. The molecule has 0 aliphatic heterocycles. The Morgan fingerprint density at radius 1 is 1.07 bits per heavy atom. The summed E-state index contributed by atoms with van der Waals surface area (Å²) in [5, 5.41) is 10.2. The third-order valence-corrected chi connectivity index (χ3v) is 4.61. The number of esters is 1. The molecule has 2 rings (SSSR count). The minimum absolute atomic E-state index is 0.0602. The first-order valence-corrected chi connectivity index (χ1v) is 9.91. The van der Waals surface area contributed by atoms with E-state index in [1.807, 2.05) is 31.4 Å². The van der Waals surface area contributed by atoms with E-state index in [9.17, 15) is 14.4 Å². The van der Waals surface area contributed by atoms with Crippen molar-refractivity contribution in [2.75, 3.05) is 13.2 Å². The summed E-state index contributed by atoms with van der Waals surface area (Å²) >= 11 is 1.64. The second-order valence-electron chi connectivity index (χ2n) is 6.43. The number of ether oxygens (including phenoxy) is 1. The Kier molecular flexibility index (Phi) is 8.48. The van der Waals surface area contributed by atoms with E-state index in [0.717, 1.165) is 12.0 Å². The molecule has 0 unspecified atom stereocenters. The van der Waals surface area contributed by atoms with E-state index in [1.54, 1.807) is 35.6 Å². The topological polar surface area (TPSA) is 96.5 Å². The number of urea groups is 1. The van der Waals surface area contributed by atoms with E-state index in [0.29, 0.717) is 18.7 Å². The fourth-order valence-electron chi connectivity index (χ4n) is 2.30. The molecule has 3 N–H and O–H groups in total. The number of amides is 3. The van der Waals surface area contributed by atoms with Crippen LogP contribution in [0.5, 0.6) is 0 Å². The number of hydrogen-bond donors (Lipinski definition) is 3. The van der Waals surface area contributed by atoms with E-state index in [4.69, 9.17) is 4.74 Å². The molecule has 1 heterocycles. The Balaban J connectivity index is 1.68. The van der Waals surface area contributed by atoms with Crippen LogP contribution in [0, 0.1) is 0 Å². The van der Waals surface area contributed by atoms with E-state index in [2.05, 4.69) is 16.0 Å². The maximum Gasteiger partial charge on any atom is 0.338 e.